The predicted octanol–water partition coefficient (Wildman–Crippen LogP) is 1.68. The Kier molecular flexibility index (Phi) is 13.9. The fourth-order valence-corrected chi connectivity index (χ4v) is 1.49. The largest absolute Gasteiger partial charge is 0.357 e. The lowest BCUT2D eigenvalue weighted by molar-refractivity contribution is -0.128. The van der Waals surface area contributed by atoms with Gasteiger partial charge in [-0.2, -0.15) is 11.8 Å². The second-order valence-corrected chi connectivity index (χ2v) is 6.17. The van der Waals surface area contributed by atoms with Gasteiger partial charge in [0.25, 0.3) is 0 Å². The molecule has 120 valence electrons. The van der Waals surface area contributed by atoms with E-state index in [1.165, 1.54) is 0 Å². The number of aliphatic imine (C=N–C) groups is 1. The molecule has 1 amide bonds. The van der Waals surface area contributed by atoms with Crippen LogP contribution in [0.25, 0.3) is 0 Å². The average Bonchev–Trinajstić information content (AvgIpc) is 2.33. The first-order chi connectivity index (χ1) is 8.91. The van der Waals surface area contributed by atoms with Crippen molar-refractivity contribution in [3.05, 3.63) is 0 Å². The van der Waals surface area contributed by atoms with Crippen LogP contribution in [0.2, 0.25) is 0 Å². The molecule has 20 heavy (non-hydrogen) atoms. The standard InChI is InChI=1S/C13H28N4OS.HI/c1-6-14-12(17-9-10-19-5)16-8-7-15-11(18)13(2,3)4;/h6-10H2,1-5H3,(H,15,18)(H2,14,16,17);1H. The van der Waals surface area contributed by atoms with E-state index in [2.05, 4.69) is 27.2 Å². The Morgan fingerprint density at radius 3 is 2.25 bits per heavy atom. The Morgan fingerprint density at radius 2 is 1.75 bits per heavy atom. The van der Waals surface area contributed by atoms with Crippen molar-refractivity contribution in [1.29, 1.82) is 0 Å². The fraction of sp³-hybridized carbons (Fsp3) is 0.846. The molecule has 0 unspecified atom stereocenters. The van der Waals surface area contributed by atoms with Crippen LogP contribution >= 0.6 is 35.7 Å². The van der Waals surface area contributed by atoms with Crippen LogP contribution in [0.4, 0.5) is 0 Å². The van der Waals surface area contributed by atoms with Crippen LogP contribution in [0.15, 0.2) is 4.99 Å². The topological polar surface area (TPSA) is 65.5 Å². The lowest BCUT2D eigenvalue weighted by Crippen LogP contribution is -2.43. The molecule has 0 aliphatic rings. The molecule has 0 rings (SSSR count). The van der Waals surface area contributed by atoms with Gasteiger partial charge in [-0.3, -0.25) is 9.79 Å². The lowest BCUT2D eigenvalue weighted by atomic mass is 9.96. The minimum absolute atomic E-state index is 0. The molecule has 7 heteroatoms. The molecule has 0 radical (unpaired) electrons. The van der Waals surface area contributed by atoms with Crippen LogP contribution in [0.3, 0.4) is 0 Å². The summed E-state index contributed by atoms with van der Waals surface area (Å²) in [5.74, 6) is 1.89. The molecule has 0 aromatic rings. The van der Waals surface area contributed by atoms with Gasteiger partial charge in [0.2, 0.25) is 5.91 Å². The highest BCUT2D eigenvalue weighted by Gasteiger charge is 2.20. The SMILES string of the molecule is CCNC(=NCCSC)NCCNC(=O)C(C)(C)C.I. The summed E-state index contributed by atoms with van der Waals surface area (Å²) in [6, 6.07) is 0. The Balaban J connectivity index is 0. The zero-order chi connectivity index (χ0) is 14.7. The quantitative estimate of drug-likeness (QED) is 0.256. The highest BCUT2D eigenvalue weighted by molar-refractivity contribution is 14.0. The number of guanidine groups is 1. The van der Waals surface area contributed by atoms with Crippen LogP contribution in [0.5, 0.6) is 0 Å². The van der Waals surface area contributed by atoms with Crippen LogP contribution in [-0.2, 0) is 4.79 Å². The predicted molar refractivity (Wildman–Crippen MR) is 100 cm³/mol. The summed E-state index contributed by atoms with van der Waals surface area (Å²) in [4.78, 5) is 16.1. The second kappa shape index (κ2) is 12.6. The van der Waals surface area contributed by atoms with E-state index in [0.29, 0.717) is 13.1 Å². The molecule has 0 aromatic carbocycles. The van der Waals surface area contributed by atoms with Crippen LogP contribution in [0.1, 0.15) is 27.7 Å². The molecule has 0 saturated heterocycles. The van der Waals surface area contributed by atoms with E-state index in [-0.39, 0.29) is 35.3 Å². The second-order valence-electron chi connectivity index (χ2n) is 5.19. The number of halogens is 1. The van der Waals surface area contributed by atoms with Gasteiger partial charge in [0.05, 0.1) is 6.54 Å². The van der Waals surface area contributed by atoms with E-state index in [1.54, 1.807) is 11.8 Å². The van der Waals surface area contributed by atoms with Gasteiger partial charge in [-0.15, -0.1) is 24.0 Å². The number of carbonyl (C=O) groups excluding carboxylic acids is 1. The van der Waals surface area contributed by atoms with Gasteiger partial charge in [-0.1, -0.05) is 20.8 Å². The summed E-state index contributed by atoms with van der Waals surface area (Å²) in [7, 11) is 0. The third-order valence-corrected chi connectivity index (χ3v) is 2.88. The number of nitrogens with one attached hydrogen (secondary N) is 3. The minimum Gasteiger partial charge on any atom is -0.357 e. The Hall–Kier alpha value is -0.180. The molecule has 0 saturated carbocycles. The summed E-state index contributed by atoms with van der Waals surface area (Å²) in [6.45, 7) is 10.7. The molecule has 0 spiro atoms. The number of thioether (sulfide) groups is 1. The maximum atomic E-state index is 11.7. The van der Waals surface area contributed by atoms with Gasteiger partial charge >= 0.3 is 0 Å². The van der Waals surface area contributed by atoms with Gasteiger partial charge in [0.15, 0.2) is 5.96 Å². The van der Waals surface area contributed by atoms with Crippen molar-refractivity contribution in [2.24, 2.45) is 10.4 Å². The van der Waals surface area contributed by atoms with E-state index in [9.17, 15) is 4.79 Å². The number of amides is 1. The third kappa shape index (κ3) is 11.6. The molecule has 0 aliphatic carbocycles. The first-order valence-corrected chi connectivity index (χ1v) is 8.10. The molecular weight excluding hydrogens is 387 g/mol. The van der Waals surface area contributed by atoms with Crippen molar-refractivity contribution in [3.8, 4) is 0 Å². The first-order valence-electron chi connectivity index (χ1n) is 6.71. The van der Waals surface area contributed by atoms with E-state index in [4.69, 9.17) is 0 Å². The highest BCUT2D eigenvalue weighted by atomic mass is 127. The average molecular weight is 416 g/mol. The molecule has 3 N–H and O–H groups in total. The molecule has 0 heterocycles. The van der Waals surface area contributed by atoms with Gasteiger partial charge in [0.1, 0.15) is 0 Å². The summed E-state index contributed by atoms with van der Waals surface area (Å²) in [5, 5.41) is 9.28. The number of hydrogen-bond acceptors (Lipinski definition) is 3. The zero-order valence-electron chi connectivity index (χ0n) is 13.2. The van der Waals surface area contributed by atoms with Crippen LogP contribution < -0.4 is 16.0 Å². The van der Waals surface area contributed by atoms with E-state index < -0.39 is 0 Å². The normalized spacial score (nSPS) is 11.6. The summed E-state index contributed by atoms with van der Waals surface area (Å²) >= 11 is 1.78. The lowest BCUT2D eigenvalue weighted by Gasteiger charge is -2.18. The molecule has 0 atom stereocenters. The van der Waals surface area contributed by atoms with E-state index in [0.717, 1.165) is 24.8 Å². The first kappa shape index (κ1) is 22.1. The minimum atomic E-state index is -0.336. The van der Waals surface area contributed by atoms with Crippen molar-refractivity contribution in [1.82, 2.24) is 16.0 Å². The number of nitrogens with zero attached hydrogens (tertiary/aromatic N) is 1. The third-order valence-electron chi connectivity index (χ3n) is 2.29. The molecule has 0 fully saturated rings. The smallest absolute Gasteiger partial charge is 0.225 e. The fourth-order valence-electron chi connectivity index (χ4n) is 1.21. The summed E-state index contributed by atoms with van der Waals surface area (Å²) in [5.41, 5.74) is -0.336. The van der Waals surface area contributed by atoms with Crippen molar-refractivity contribution in [2.75, 3.05) is 38.2 Å². The molecule has 5 nitrogen and oxygen atoms in total. The Morgan fingerprint density at radius 1 is 1.15 bits per heavy atom. The van der Waals surface area contributed by atoms with Crippen molar-refractivity contribution in [2.45, 2.75) is 27.7 Å². The van der Waals surface area contributed by atoms with Crippen LogP contribution in [0, 0.1) is 5.41 Å². The van der Waals surface area contributed by atoms with E-state index in [1.807, 2.05) is 27.7 Å². The van der Waals surface area contributed by atoms with E-state index >= 15 is 0 Å². The number of carbonyl (C=O) groups is 1. The Bertz CT molecular complexity index is 293. The molecule has 0 aromatic heterocycles. The van der Waals surface area contributed by atoms with Crippen molar-refractivity contribution < 1.29 is 4.79 Å². The van der Waals surface area contributed by atoms with Crippen molar-refractivity contribution >= 4 is 47.6 Å². The maximum absolute atomic E-state index is 11.7. The zero-order valence-corrected chi connectivity index (χ0v) is 16.4. The van der Waals surface area contributed by atoms with Gasteiger partial charge < -0.3 is 16.0 Å². The monoisotopic (exact) mass is 416 g/mol. The molecular formula is C13H29IN4OS. The maximum Gasteiger partial charge on any atom is 0.225 e. The number of rotatable bonds is 7. The van der Waals surface area contributed by atoms with Crippen LogP contribution in [-0.4, -0.2) is 50.1 Å². The molecule has 0 bridgehead atoms. The Labute approximate surface area is 144 Å². The van der Waals surface area contributed by atoms with Gasteiger partial charge in [-0.25, -0.2) is 0 Å². The molecule has 0 aliphatic heterocycles. The van der Waals surface area contributed by atoms with Gasteiger partial charge in [-0.05, 0) is 13.2 Å². The number of hydrogen-bond donors (Lipinski definition) is 3. The summed E-state index contributed by atoms with van der Waals surface area (Å²) in [6.07, 6.45) is 2.07. The van der Waals surface area contributed by atoms with Crippen molar-refractivity contribution in [3.63, 3.8) is 0 Å². The van der Waals surface area contributed by atoms with Gasteiger partial charge in [0, 0.05) is 30.8 Å². The highest BCUT2D eigenvalue weighted by Crippen LogP contribution is 2.11. The summed E-state index contributed by atoms with van der Waals surface area (Å²) < 4.78 is 0.